The lowest BCUT2D eigenvalue weighted by molar-refractivity contribution is 0.252. The summed E-state index contributed by atoms with van der Waals surface area (Å²) in [4.78, 5) is 11.7. The van der Waals surface area contributed by atoms with Crippen molar-refractivity contribution in [3.8, 4) is 6.07 Å². The van der Waals surface area contributed by atoms with Crippen molar-refractivity contribution in [2.75, 3.05) is 17.6 Å². The summed E-state index contributed by atoms with van der Waals surface area (Å²) >= 11 is 7.53. The van der Waals surface area contributed by atoms with E-state index in [2.05, 4.69) is 16.7 Å². The van der Waals surface area contributed by atoms with E-state index in [0.717, 1.165) is 17.1 Å². The van der Waals surface area contributed by atoms with E-state index in [1.165, 1.54) is 0 Å². The summed E-state index contributed by atoms with van der Waals surface area (Å²) in [5.41, 5.74) is 2.38. The first-order valence-electron chi connectivity index (χ1n) is 7.05. The highest BCUT2D eigenvalue weighted by Gasteiger charge is 2.03. The van der Waals surface area contributed by atoms with Gasteiger partial charge in [0.25, 0.3) is 0 Å². The predicted molar refractivity (Wildman–Crippen MR) is 95.8 cm³/mol. The van der Waals surface area contributed by atoms with E-state index in [1.54, 1.807) is 36.0 Å². The van der Waals surface area contributed by atoms with Crippen LogP contribution in [0.1, 0.15) is 11.1 Å². The summed E-state index contributed by atoms with van der Waals surface area (Å²) in [5.74, 6) is 1.52. The van der Waals surface area contributed by atoms with Gasteiger partial charge in [-0.15, -0.1) is 0 Å². The average Bonchev–Trinajstić information content (AvgIpc) is 2.55. The number of nitrogens with one attached hydrogen (secondary N) is 2. The van der Waals surface area contributed by atoms with Crippen LogP contribution in [0.2, 0.25) is 5.02 Å². The van der Waals surface area contributed by atoms with E-state index < -0.39 is 0 Å². The fraction of sp³-hybridized carbons (Fsp3) is 0.176. The van der Waals surface area contributed by atoms with Gasteiger partial charge >= 0.3 is 6.03 Å². The molecule has 2 N–H and O–H groups in total. The number of carbonyl (C=O) groups excluding carboxylic acids is 1. The molecule has 2 aromatic carbocycles. The summed E-state index contributed by atoms with van der Waals surface area (Å²) in [6.45, 7) is 0.547. The molecule has 0 aliphatic carbocycles. The molecule has 0 fully saturated rings. The van der Waals surface area contributed by atoms with E-state index in [4.69, 9.17) is 16.9 Å². The highest BCUT2D eigenvalue weighted by atomic mass is 35.5. The highest BCUT2D eigenvalue weighted by Crippen LogP contribution is 2.16. The maximum atomic E-state index is 11.7. The fourth-order valence-corrected chi connectivity index (χ4v) is 2.97. The van der Waals surface area contributed by atoms with Crippen LogP contribution in [0.3, 0.4) is 0 Å². The van der Waals surface area contributed by atoms with Gasteiger partial charge in [-0.05, 0) is 29.8 Å². The molecule has 0 aromatic heterocycles. The van der Waals surface area contributed by atoms with Gasteiger partial charge in [-0.1, -0.05) is 35.9 Å². The number of halogens is 1. The second kappa shape index (κ2) is 9.09. The maximum Gasteiger partial charge on any atom is 0.319 e. The number of thioether (sulfide) groups is 1. The standard InChI is InChI=1S/C17H16ClN3OS/c18-15-6-3-7-16(10-15)21-17(22)20-8-9-23-12-14-5-2-1-4-13(14)11-19/h1-7,10H,8-9,12H2,(H2,20,21,22). The minimum absolute atomic E-state index is 0.259. The van der Waals surface area contributed by atoms with Gasteiger partial charge in [0.2, 0.25) is 0 Å². The maximum absolute atomic E-state index is 11.7. The molecule has 0 heterocycles. The van der Waals surface area contributed by atoms with E-state index in [1.807, 2.05) is 24.3 Å². The molecule has 118 valence electrons. The van der Waals surface area contributed by atoms with Crippen LogP contribution >= 0.6 is 23.4 Å². The van der Waals surface area contributed by atoms with E-state index in [9.17, 15) is 4.79 Å². The van der Waals surface area contributed by atoms with Gasteiger partial charge in [0.1, 0.15) is 0 Å². The van der Waals surface area contributed by atoms with Crippen molar-refractivity contribution in [3.05, 3.63) is 64.7 Å². The Bertz CT molecular complexity index is 715. The third-order valence-electron chi connectivity index (χ3n) is 3.01. The largest absolute Gasteiger partial charge is 0.337 e. The molecule has 2 aromatic rings. The number of anilines is 1. The number of carbonyl (C=O) groups is 1. The quantitative estimate of drug-likeness (QED) is 0.768. The van der Waals surface area contributed by atoms with E-state index in [-0.39, 0.29) is 6.03 Å². The number of benzene rings is 2. The molecule has 0 saturated carbocycles. The van der Waals surface area contributed by atoms with Crippen molar-refractivity contribution in [1.29, 1.82) is 5.26 Å². The van der Waals surface area contributed by atoms with Crippen molar-refractivity contribution in [2.24, 2.45) is 0 Å². The molecule has 0 unspecified atom stereocenters. The van der Waals surface area contributed by atoms with E-state index in [0.29, 0.717) is 22.8 Å². The third kappa shape index (κ3) is 5.85. The lowest BCUT2D eigenvalue weighted by Gasteiger charge is -2.08. The Hall–Kier alpha value is -2.16. The average molecular weight is 346 g/mol. The number of amides is 2. The lowest BCUT2D eigenvalue weighted by atomic mass is 10.1. The van der Waals surface area contributed by atoms with Crippen LogP contribution in [0.5, 0.6) is 0 Å². The van der Waals surface area contributed by atoms with Crippen LogP contribution in [-0.2, 0) is 5.75 Å². The Morgan fingerprint density at radius 3 is 2.83 bits per heavy atom. The van der Waals surface area contributed by atoms with Crippen LogP contribution in [0, 0.1) is 11.3 Å². The van der Waals surface area contributed by atoms with Gasteiger partial charge in [-0.25, -0.2) is 4.79 Å². The number of rotatable bonds is 6. The molecular weight excluding hydrogens is 330 g/mol. The first kappa shape index (κ1) is 17.2. The minimum Gasteiger partial charge on any atom is -0.337 e. The molecule has 0 aliphatic rings. The molecule has 2 amide bonds. The van der Waals surface area contributed by atoms with Crippen LogP contribution in [0.15, 0.2) is 48.5 Å². The second-order valence-corrected chi connectivity index (χ2v) is 6.25. The van der Waals surface area contributed by atoms with Crippen molar-refractivity contribution in [1.82, 2.24) is 5.32 Å². The molecule has 0 atom stereocenters. The van der Waals surface area contributed by atoms with Gasteiger partial charge in [-0.2, -0.15) is 17.0 Å². The molecule has 4 nitrogen and oxygen atoms in total. The van der Waals surface area contributed by atoms with Crippen molar-refractivity contribution < 1.29 is 4.79 Å². The first-order valence-corrected chi connectivity index (χ1v) is 8.58. The van der Waals surface area contributed by atoms with Gasteiger partial charge in [0, 0.05) is 28.8 Å². The predicted octanol–water partition coefficient (Wildman–Crippen LogP) is 4.27. The smallest absolute Gasteiger partial charge is 0.319 e. The highest BCUT2D eigenvalue weighted by molar-refractivity contribution is 7.98. The van der Waals surface area contributed by atoms with Crippen LogP contribution < -0.4 is 10.6 Å². The van der Waals surface area contributed by atoms with Crippen LogP contribution in [0.25, 0.3) is 0 Å². The number of hydrogen-bond acceptors (Lipinski definition) is 3. The molecule has 0 aliphatic heterocycles. The zero-order valence-electron chi connectivity index (χ0n) is 12.4. The van der Waals surface area contributed by atoms with Gasteiger partial charge in [0.05, 0.1) is 11.6 Å². The third-order valence-corrected chi connectivity index (χ3v) is 4.25. The summed E-state index contributed by atoms with van der Waals surface area (Å²) in [6, 6.07) is 16.5. The topological polar surface area (TPSA) is 64.9 Å². The number of hydrogen-bond donors (Lipinski definition) is 2. The van der Waals surface area contributed by atoms with Crippen molar-refractivity contribution >= 4 is 35.1 Å². The number of nitriles is 1. The lowest BCUT2D eigenvalue weighted by Crippen LogP contribution is -2.30. The Kier molecular flexibility index (Phi) is 6.79. The number of urea groups is 1. The molecule has 23 heavy (non-hydrogen) atoms. The van der Waals surface area contributed by atoms with Crippen LogP contribution in [0.4, 0.5) is 10.5 Å². The molecule has 2 rings (SSSR count). The second-order valence-electron chi connectivity index (χ2n) is 4.71. The van der Waals surface area contributed by atoms with E-state index >= 15 is 0 Å². The van der Waals surface area contributed by atoms with Gasteiger partial charge in [-0.3, -0.25) is 0 Å². The molecular formula is C17H16ClN3OS. The Morgan fingerprint density at radius 2 is 2.04 bits per heavy atom. The minimum atomic E-state index is -0.259. The number of nitrogens with zero attached hydrogens (tertiary/aromatic N) is 1. The molecule has 0 spiro atoms. The summed E-state index contributed by atoms with van der Waals surface area (Å²) in [5, 5.41) is 15.1. The van der Waals surface area contributed by atoms with Crippen molar-refractivity contribution in [2.45, 2.75) is 5.75 Å². The van der Waals surface area contributed by atoms with Crippen molar-refractivity contribution in [3.63, 3.8) is 0 Å². The summed E-state index contributed by atoms with van der Waals surface area (Å²) in [6.07, 6.45) is 0. The normalized spacial score (nSPS) is 9.91. The summed E-state index contributed by atoms with van der Waals surface area (Å²) in [7, 11) is 0. The van der Waals surface area contributed by atoms with Gasteiger partial charge in [0.15, 0.2) is 0 Å². The first-order chi connectivity index (χ1) is 11.2. The Balaban J connectivity index is 1.67. The zero-order valence-corrected chi connectivity index (χ0v) is 14.0. The van der Waals surface area contributed by atoms with Crippen LogP contribution in [-0.4, -0.2) is 18.3 Å². The van der Waals surface area contributed by atoms with Gasteiger partial charge < -0.3 is 10.6 Å². The molecule has 0 radical (unpaired) electrons. The molecule has 0 bridgehead atoms. The Labute approximate surface area is 144 Å². The molecule has 6 heteroatoms. The monoisotopic (exact) mass is 345 g/mol. The summed E-state index contributed by atoms with van der Waals surface area (Å²) < 4.78 is 0. The fourth-order valence-electron chi connectivity index (χ4n) is 1.92. The zero-order chi connectivity index (χ0) is 16.5. The Morgan fingerprint density at radius 1 is 1.22 bits per heavy atom. The SMILES string of the molecule is N#Cc1ccccc1CSCCNC(=O)Nc1cccc(Cl)c1. The molecule has 0 saturated heterocycles.